The van der Waals surface area contributed by atoms with Gasteiger partial charge in [-0.3, -0.25) is 0 Å². The number of nitrogens with zero attached hydrogens (tertiary/aromatic N) is 1. The van der Waals surface area contributed by atoms with Gasteiger partial charge in [-0.05, 0) is 56.2 Å². The van der Waals surface area contributed by atoms with Gasteiger partial charge in [0.2, 0.25) is 0 Å². The predicted molar refractivity (Wildman–Crippen MR) is 188 cm³/mol. The Balaban J connectivity index is 2.12. The van der Waals surface area contributed by atoms with Crippen LogP contribution in [0.1, 0.15) is 206 Å². The minimum Gasteiger partial charge on any atom is -0.466 e. The second-order valence-electron chi connectivity index (χ2n) is 13.6. The third kappa shape index (κ3) is 22.4. The van der Waals surface area contributed by atoms with Crippen molar-refractivity contribution in [3.8, 4) is 0 Å². The van der Waals surface area contributed by atoms with E-state index in [1.807, 2.05) is 0 Å². The van der Waals surface area contributed by atoms with E-state index in [1.54, 1.807) is 5.56 Å². The molecule has 2 heteroatoms. The highest BCUT2D eigenvalue weighted by atomic mass is 127. The third-order valence-corrected chi connectivity index (χ3v) is 11.0. The van der Waals surface area contributed by atoms with Crippen LogP contribution < -0.4 is 25.6 Å². The largest absolute Gasteiger partial charge is 0.466 e. The molecule has 1 nitrogen and oxygen atoms in total. The first-order valence-electron chi connectivity index (χ1n) is 19.3. The fourth-order valence-corrected chi connectivity index (χ4v) is 7.47. The standard InChI is InChI=1S/C40H75IN/c1-4-7-10-12-14-15-16-17-18-19-20-21-22-23-24-25-27-29-32-39-33-35-40(36-34-39)42(41,37-30-9-6-3)38-31-28-26-13-11-8-5-2/h33-36H,4-32,37-38H2,1-3H3. The molecule has 0 saturated heterocycles. The van der Waals surface area contributed by atoms with Crippen molar-refractivity contribution in [1.82, 2.24) is 2.70 Å². The molecule has 1 radical (unpaired) electrons. The molecule has 42 heavy (non-hydrogen) atoms. The van der Waals surface area contributed by atoms with E-state index in [-0.39, 0.29) is 0 Å². The molecule has 0 N–H and O–H groups in total. The third-order valence-electron chi connectivity index (χ3n) is 9.45. The Morgan fingerprint density at radius 1 is 0.381 bits per heavy atom. The molecule has 247 valence electrons. The second-order valence-corrected chi connectivity index (χ2v) is 15.4. The molecular weight excluding hydrogens is 621 g/mol. The van der Waals surface area contributed by atoms with E-state index in [2.05, 4.69) is 67.9 Å². The van der Waals surface area contributed by atoms with Gasteiger partial charge in [0.25, 0.3) is 0 Å². The van der Waals surface area contributed by atoms with E-state index in [9.17, 15) is 0 Å². The number of benzene rings is 1. The van der Waals surface area contributed by atoms with E-state index >= 15 is 0 Å². The Bertz CT molecular complexity index is 671. The van der Waals surface area contributed by atoms with Crippen LogP contribution in [0.15, 0.2) is 24.3 Å². The highest BCUT2D eigenvalue weighted by Crippen LogP contribution is 2.22. The zero-order valence-corrected chi connectivity index (χ0v) is 31.2. The van der Waals surface area contributed by atoms with Crippen molar-refractivity contribution in [2.75, 3.05) is 13.1 Å². The van der Waals surface area contributed by atoms with E-state index in [1.165, 1.54) is 205 Å². The fourth-order valence-electron chi connectivity index (χ4n) is 6.46. The van der Waals surface area contributed by atoms with Crippen LogP contribution in [0.3, 0.4) is 0 Å². The molecule has 0 amide bonds. The molecule has 0 aliphatic rings. The highest BCUT2D eigenvalue weighted by molar-refractivity contribution is 5.42. The summed E-state index contributed by atoms with van der Waals surface area (Å²) in [5, 5.41) is 0. The summed E-state index contributed by atoms with van der Waals surface area (Å²) >= 11 is 2.77. The first-order chi connectivity index (χ1) is 20.7. The summed E-state index contributed by atoms with van der Waals surface area (Å²) in [6.45, 7) is 9.51. The first-order valence-corrected chi connectivity index (χ1v) is 20.3. The molecule has 1 atom stereocenters. The average molecular weight is 697 g/mol. The topological polar surface area (TPSA) is 0 Å². The molecule has 0 bridgehead atoms. The molecule has 0 spiro atoms. The maximum Gasteiger partial charge on any atom is 0.111 e. The van der Waals surface area contributed by atoms with Crippen LogP contribution in [0, 0.1) is 0 Å². The second kappa shape index (κ2) is 29.6. The van der Waals surface area contributed by atoms with E-state index < -0.39 is 0 Å². The Morgan fingerprint density at radius 3 is 1.05 bits per heavy atom. The van der Waals surface area contributed by atoms with Crippen LogP contribution in [0.4, 0.5) is 5.69 Å². The van der Waals surface area contributed by atoms with Gasteiger partial charge in [0.15, 0.2) is 0 Å². The molecule has 0 heterocycles. The summed E-state index contributed by atoms with van der Waals surface area (Å²) in [5.41, 5.74) is 3.07. The van der Waals surface area contributed by atoms with Crippen molar-refractivity contribution in [3.05, 3.63) is 29.8 Å². The van der Waals surface area contributed by atoms with Gasteiger partial charge in [-0.2, -0.15) is 0 Å². The van der Waals surface area contributed by atoms with Crippen LogP contribution >= 0.6 is 0 Å². The van der Waals surface area contributed by atoms with Gasteiger partial charge in [-0.1, -0.05) is 181 Å². The Kier molecular flexibility index (Phi) is 28.2. The first kappa shape index (κ1) is 39.9. The van der Waals surface area contributed by atoms with Gasteiger partial charge in [0.1, 0.15) is 5.69 Å². The number of unbranched alkanes of at least 4 members (excludes halogenated alkanes) is 25. The molecule has 1 unspecified atom stereocenters. The average Bonchev–Trinajstić information content (AvgIpc) is 3.00. The summed E-state index contributed by atoms with van der Waals surface area (Å²) in [6.07, 6.45) is 41.2. The minimum atomic E-state index is 1.10. The van der Waals surface area contributed by atoms with Gasteiger partial charge in [0.05, 0.1) is 13.1 Å². The molecule has 1 aromatic carbocycles. The predicted octanol–water partition coefficient (Wildman–Crippen LogP) is 11.0. The summed E-state index contributed by atoms with van der Waals surface area (Å²) in [6, 6.07) is 9.81. The number of halogens is 1. The summed E-state index contributed by atoms with van der Waals surface area (Å²) in [4.78, 5) is 0. The normalized spacial score (nSPS) is 13.0. The summed E-state index contributed by atoms with van der Waals surface area (Å²) in [7, 11) is 0. The van der Waals surface area contributed by atoms with Gasteiger partial charge in [-0.25, -0.2) is 0 Å². The quantitative estimate of drug-likeness (QED) is 0.0400. The number of aryl methyl sites for hydroxylation is 1. The van der Waals surface area contributed by atoms with Crippen molar-refractivity contribution in [1.29, 1.82) is 0 Å². The van der Waals surface area contributed by atoms with Crippen molar-refractivity contribution < 1.29 is 22.9 Å². The molecule has 0 aliphatic carbocycles. The lowest BCUT2D eigenvalue weighted by Crippen LogP contribution is -3.48. The van der Waals surface area contributed by atoms with Crippen LogP contribution in [-0.4, -0.2) is 13.1 Å². The number of rotatable bonds is 32. The Morgan fingerprint density at radius 2 is 0.667 bits per heavy atom. The number of hydrogen-bond acceptors (Lipinski definition) is 0. The van der Waals surface area contributed by atoms with Crippen LogP contribution in [0.25, 0.3) is 0 Å². The van der Waals surface area contributed by atoms with Crippen molar-refractivity contribution in [2.45, 2.75) is 207 Å². The van der Waals surface area contributed by atoms with Crippen LogP contribution in [0.5, 0.6) is 0 Å². The van der Waals surface area contributed by atoms with Gasteiger partial charge in [-0.15, -0.1) is 0 Å². The molecule has 0 fully saturated rings. The molecule has 0 aliphatic heterocycles. The lowest BCUT2D eigenvalue weighted by Gasteiger charge is -2.45. The SMILES string of the molecule is CCCCCCCCCCCCCCCCCCCCc1ccc([N+]([I-])(CCCCC)CCCCCCCCC)cc1. The zero-order valence-electron chi connectivity index (χ0n) is 29.1. The molecule has 1 rings (SSSR count). The number of hydrogen-bond donors (Lipinski definition) is 0. The van der Waals surface area contributed by atoms with Crippen molar-refractivity contribution >= 4 is 5.69 Å². The highest BCUT2D eigenvalue weighted by Gasteiger charge is 2.17. The molecule has 1 aromatic rings. The van der Waals surface area contributed by atoms with Gasteiger partial charge < -0.3 is 25.6 Å². The van der Waals surface area contributed by atoms with E-state index in [0.717, 1.165) is 2.70 Å². The number of quaternary nitrogens is 1. The lowest BCUT2D eigenvalue weighted by atomic mass is 10.0. The Labute approximate surface area is 279 Å². The molecule has 0 saturated carbocycles. The van der Waals surface area contributed by atoms with Gasteiger partial charge >= 0.3 is 0 Å². The Hall–Kier alpha value is -0.0900. The zero-order chi connectivity index (χ0) is 30.4. The minimum absolute atomic E-state index is 1.10. The van der Waals surface area contributed by atoms with E-state index in [0.29, 0.717) is 0 Å². The fraction of sp³-hybridized carbons (Fsp3) is 0.850. The lowest BCUT2D eigenvalue weighted by molar-refractivity contribution is -0.561. The summed E-state index contributed by atoms with van der Waals surface area (Å²) in [5.74, 6) is 0. The van der Waals surface area contributed by atoms with Crippen molar-refractivity contribution in [2.24, 2.45) is 0 Å². The molecule has 0 aromatic heterocycles. The smallest absolute Gasteiger partial charge is 0.111 e. The summed E-state index contributed by atoms with van der Waals surface area (Å²) < 4.78 is 1.10. The molecular formula is C40H75IN. The maximum atomic E-state index is 2.77. The van der Waals surface area contributed by atoms with Crippen LogP contribution in [0.2, 0.25) is 0 Å². The van der Waals surface area contributed by atoms with Crippen molar-refractivity contribution in [3.63, 3.8) is 0 Å². The van der Waals surface area contributed by atoms with Crippen LogP contribution in [-0.2, 0) is 6.42 Å². The monoisotopic (exact) mass is 696 g/mol. The van der Waals surface area contributed by atoms with E-state index in [4.69, 9.17) is 0 Å². The maximum absolute atomic E-state index is 2.77. The van der Waals surface area contributed by atoms with Gasteiger partial charge in [0, 0.05) is 0 Å².